The van der Waals surface area contributed by atoms with Crippen molar-refractivity contribution in [2.75, 3.05) is 13.7 Å². The Morgan fingerprint density at radius 3 is 2.40 bits per heavy atom. The number of Topliss-reactive ketones (excluding diaryl/α,β-unsaturated/α-hetero) is 1. The van der Waals surface area contributed by atoms with Crippen LogP contribution < -0.4 is 9.47 Å². The molecule has 0 bridgehead atoms. The molecule has 1 saturated heterocycles. The maximum Gasteiger partial charge on any atom is 0.295 e. The molecule has 0 radical (unpaired) electrons. The van der Waals surface area contributed by atoms with Crippen molar-refractivity contribution in [2.24, 2.45) is 5.92 Å². The van der Waals surface area contributed by atoms with Crippen LogP contribution in [0.25, 0.3) is 5.76 Å². The van der Waals surface area contributed by atoms with Crippen LogP contribution in [0.2, 0.25) is 0 Å². The molecule has 3 aromatic rings. The number of pyridine rings is 1. The SMILES string of the molecule is COc1cccc(C2/C(=C(/O)c3ccc(OCC(C)C)cc3)C(=O)C(=O)N2Cc2ccncc2)c1. The largest absolute Gasteiger partial charge is 0.507 e. The third kappa shape index (κ3) is 5.19. The Balaban J connectivity index is 1.77. The van der Waals surface area contributed by atoms with Crippen LogP contribution in [0.4, 0.5) is 0 Å². The lowest BCUT2D eigenvalue weighted by Gasteiger charge is -2.25. The van der Waals surface area contributed by atoms with E-state index in [0.717, 1.165) is 5.56 Å². The number of hydrogen-bond donors (Lipinski definition) is 1. The predicted molar refractivity (Wildman–Crippen MR) is 132 cm³/mol. The summed E-state index contributed by atoms with van der Waals surface area (Å²) in [5, 5.41) is 11.3. The van der Waals surface area contributed by atoms with Crippen molar-refractivity contribution in [3.05, 3.63) is 95.3 Å². The molecule has 1 amide bonds. The van der Waals surface area contributed by atoms with E-state index >= 15 is 0 Å². The normalized spacial score (nSPS) is 17.1. The van der Waals surface area contributed by atoms with E-state index in [1.807, 2.05) is 6.07 Å². The van der Waals surface area contributed by atoms with E-state index in [9.17, 15) is 14.7 Å². The number of aromatic nitrogens is 1. The molecule has 1 unspecified atom stereocenters. The monoisotopic (exact) mass is 472 g/mol. The van der Waals surface area contributed by atoms with Crippen LogP contribution in [0.15, 0.2) is 78.6 Å². The van der Waals surface area contributed by atoms with Gasteiger partial charge in [0.1, 0.15) is 17.3 Å². The molecule has 7 nitrogen and oxygen atoms in total. The molecule has 180 valence electrons. The van der Waals surface area contributed by atoms with Gasteiger partial charge in [-0.3, -0.25) is 14.6 Å². The average Bonchev–Trinajstić information content (AvgIpc) is 3.13. The highest BCUT2D eigenvalue weighted by atomic mass is 16.5. The Morgan fingerprint density at radius 2 is 1.74 bits per heavy atom. The van der Waals surface area contributed by atoms with E-state index in [2.05, 4.69) is 18.8 Å². The van der Waals surface area contributed by atoms with Gasteiger partial charge in [0.25, 0.3) is 11.7 Å². The number of rotatable bonds is 8. The Hall–Kier alpha value is -4.13. The van der Waals surface area contributed by atoms with Crippen LogP contribution in [0.5, 0.6) is 11.5 Å². The number of methoxy groups -OCH3 is 1. The number of hydrogen-bond acceptors (Lipinski definition) is 6. The van der Waals surface area contributed by atoms with Gasteiger partial charge in [0.05, 0.1) is 25.3 Å². The molecule has 1 N–H and O–H groups in total. The summed E-state index contributed by atoms with van der Waals surface area (Å²) in [6, 6.07) is 16.8. The van der Waals surface area contributed by atoms with Crippen molar-refractivity contribution in [2.45, 2.75) is 26.4 Å². The fraction of sp³-hybridized carbons (Fsp3) is 0.250. The first-order chi connectivity index (χ1) is 16.9. The summed E-state index contributed by atoms with van der Waals surface area (Å²) in [5.41, 5.74) is 1.95. The summed E-state index contributed by atoms with van der Waals surface area (Å²) in [6.45, 7) is 4.88. The highest BCUT2D eigenvalue weighted by molar-refractivity contribution is 6.46. The van der Waals surface area contributed by atoms with E-state index < -0.39 is 17.7 Å². The highest BCUT2D eigenvalue weighted by Crippen LogP contribution is 2.41. The Bertz CT molecular complexity index is 1240. The molecule has 1 fully saturated rings. The third-order valence-electron chi connectivity index (χ3n) is 5.76. The zero-order chi connectivity index (χ0) is 24.9. The number of likely N-dealkylation sites (tertiary alicyclic amines) is 1. The second-order valence-corrected chi connectivity index (χ2v) is 8.79. The lowest BCUT2D eigenvalue weighted by molar-refractivity contribution is -0.140. The molecule has 0 saturated carbocycles. The zero-order valence-electron chi connectivity index (χ0n) is 20.0. The van der Waals surface area contributed by atoms with E-state index in [4.69, 9.17) is 9.47 Å². The molecule has 1 aliphatic rings. The van der Waals surface area contributed by atoms with Crippen LogP contribution in [-0.2, 0) is 16.1 Å². The first-order valence-corrected chi connectivity index (χ1v) is 11.4. The number of amides is 1. The molecule has 0 spiro atoms. The molecule has 1 aliphatic heterocycles. The van der Waals surface area contributed by atoms with Gasteiger partial charge in [-0.15, -0.1) is 0 Å². The first-order valence-electron chi connectivity index (χ1n) is 11.4. The molecule has 4 rings (SSSR count). The van der Waals surface area contributed by atoms with Gasteiger partial charge in [-0.1, -0.05) is 26.0 Å². The number of benzene rings is 2. The molecule has 35 heavy (non-hydrogen) atoms. The summed E-state index contributed by atoms with van der Waals surface area (Å²) in [6.07, 6.45) is 3.27. The average molecular weight is 473 g/mol. The molecule has 2 heterocycles. The van der Waals surface area contributed by atoms with Gasteiger partial charge in [-0.2, -0.15) is 0 Å². The van der Waals surface area contributed by atoms with Crippen molar-refractivity contribution >= 4 is 17.4 Å². The van der Waals surface area contributed by atoms with Gasteiger partial charge in [-0.05, 0) is 65.6 Å². The molecule has 1 atom stereocenters. The summed E-state index contributed by atoms with van der Waals surface area (Å²) in [7, 11) is 1.55. The second-order valence-electron chi connectivity index (χ2n) is 8.79. The van der Waals surface area contributed by atoms with Gasteiger partial charge < -0.3 is 19.5 Å². The topological polar surface area (TPSA) is 89.0 Å². The molecular formula is C28H28N2O5. The van der Waals surface area contributed by atoms with E-state index in [1.54, 1.807) is 74.1 Å². The van der Waals surface area contributed by atoms with E-state index in [-0.39, 0.29) is 17.9 Å². The van der Waals surface area contributed by atoms with Crippen LogP contribution >= 0.6 is 0 Å². The minimum Gasteiger partial charge on any atom is -0.507 e. The number of aliphatic hydroxyl groups is 1. The smallest absolute Gasteiger partial charge is 0.295 e. The van der Waals surface area contributed by atoms with Crippen LogP contribution in [0, 0.1) is 5.92 Å². The maximum absolute atomic E-state index is 13.2. The maximum atomic E-state index is 13.2. The van der Waals surface area contributed by atoms with Gasteiger partial charge in [0.2, 0.25) is 0 Å². The zero-order valence-corrected chi connectivity index (χ0v) is 20.0. The summed E-state index contributed by atoms with van der Waals surface area (Å²) < 4.78 is 11.1. The summed E-state index contributed by atoms with van der Waals surface area (Å²) in [5.74, 6) is -0.00917. The predicted octanol–water partition coefficient (Wildman–Crippen LogP) is 4.75. The highest BCUT2D eigenvalue weighted by Gasteiger charge is 2.46. The molecule has 7 heteroatoms. The van der Waals surface area contributed by atoms with Crippen molar-refractivity contribution in [1.29, 1.82) is 0 Å². The summed E-state index contributed by atoms with van der Waals surface area (Å²) in [4.78, 5) is 31.9. The van der Waals surface area contributed by atoms with Gasteiger partial charge in [0, 0.05) is 24.5 Å². The van der Waals surface area contributed by atoms with Crippen molar-refractivity contribution in [1.82, 2.24) is 9.88 Å². The molecule has 2 aromatic carbocycles. The lowest BCUT2D eigenvalue weighted by atomic mass is 9.95. The van der Waals surface area contributed by atoms with Gasteiger partial charge in [-0.25, -0.2) is 0 Å². The van der Waals surface area contributed by atoms with Crippen molar-refractivity contribution in [3.8, 4) is 11.5 Å². The quantitative estimate of drug-likeness (QED) is 0.289. The van der Waals surface area contributed by atoms with Crippen LogP contribution in [0.1, 0.15) is 36.6 Å². The molecule has 0 aliphatic carbocycles. The van der Waals surface area contributed by atoms with Crippen LogP contribution in [0.3, 0.4) is 0 Å². The molecular weight excluding hydrogens is 444 g/mol. The Morgan fingerprint density at radius 1 is 1.03 bits per heavy atom. The fourth-order valence-corrected chi connectivity index (χ4v) is 4.01. The summed E-state index contributed by atoms with van der Waals surface area (Å²) >= 11 is 0. The second kappa shape index (κ2) is 10.4. The molecule has 1 aromatic heterocycles. The van der Waals surface area contributed by atoms with E-state index in [1.165, 1.54) is 4.90 Å². The fourth-order valence-electron chi connectivity index (χ4n) is 4.01. The first kappa shape index (κ1) is 24.0. The minimum atomic E-state index is -0.782. The number of carbonyl (C=O) groups is 2. The van der Waals surface area contributed by atoms with Crippen molar-refractivity contribution in [3.63, 3.8) is 0 Å². The number of ketones is 1. The minimum absolute atomic E-state index is 0.0353. The van der Waals surface area contributed by atoms with Gasteiger partial charge in [0.15, 0.2) is 0 Å². The third-order valence-corrected chi connectivity index (χ3v) is 5.76. The van der Waals surface area contributed by atoms with Crippen molar-refractivity contribution < 1.29 is 24.2 Å². The van der Waals surface area contributed by atoms with E-state index in [0.29, 0.717) is 35.2 Å². The Kier molecular flexibility index (Phi) is 7.15. The number of ether oxygens (including phenoxy) is 2. The number of aliphatic hydroxyl groups excluding tert-OH is 1. The Labute approximate surface area is 204 Å². The number of carbonyl (C=O) groups excluding carboxylic acids is 2. The lowest BCUT2D eigenvalue weighted by Crippen LogP contribution is -2.29. The standard InChI is InChI=1S/C28H28N2O5/c1-18(2)17-35-22-9-7-20(8-10-22)26(31)24-25(21-5-4-6-23(15-21)34-3)30(28(33)27(24)32)16-19-11-13-29-14-12-19/h4-15,18,25,31H,16-17H2,1-3H3/b26-24-. The number of nitrogens with zero attached hydrogens (tertiary/aromatic N) is 2. The van der Waals surface area contributed by atoms with Crippen LogP contribution in [-0.4, -0.2) is 40.4 Å². The van der Waals surface area contributed by atoms with Gasteiger partial charge >= 0.3 is 0 Å².